The number of anilines is 1. The number of benzene rings is 1. The second kappa shape index (κ2) is 9.31. The predicted octanol–water partition coefficient (Wildman–Crippen LogP) is 5.02. The monoisotopic (exact) mass is 365 g/mol. The van der Waals surface area contributed by atoms with Crippen molar-refractivity contribution in [2.24, 2.45) is 0 Å². The van der Waals surface area contributed by atoms with Crippen LogP contribution in [0.25, 0.3) is 0 Å². The lowest BCUT2D eigenvalue weighted by molar-refractivity contribution is 0.0102. The van der Waals surface area contributed by atoms with Crippen LogP contribution < -0.4 is 5.32 Å². The third-order valence-electron chi connectivity index (χ3n) is 3.98. The normalized spacial score (nSPS) is 11.4. The molecule has 5 nitrogen and oxygen atoms in total. The maximum Gasteiger partial charge on any atom is 0.413 e. The minimum absolute atomic E-state index is 0.134. The molecule has 0 aliphatic carbocycles. The van der Waals surface area contributed by atoms with Gasteiger partial charge >= 0.3 is 6.09 Å². The molecule has 0 saturated carbocycles. The minimum Gasteiger partial charge on any atom is -0.444 e. The zero-order chi connectivity index (χ0) is 19.0. The number of nitrogens with one attached hydrogen (secondary N) is 1. The molecule has 0 saturated heterocycles. The van der Waals surface area contributed by atoms with E-state index in [1.165, 1.54) is 0 Å². The van der Waals surface area contributed by atoms with Crippen LogP contribution in [0, 0.1) is 0 Å². The summed E-state index contributed by atoms with van der Waals surface area (Å²) in [6, 6.07) is 9.45. The molecule has 142 valence electrons. The Kier molecular flexibility index (Phi) is 7.12. The summed E-state index contributed by atoms with van der Waals surface area (Å²) < 4.78 is 32.4. The van der Waals surface area contributed by atoms with Gasteiger partial charge in [0.05, 0.1) is 0 Å². The lowest BCUT2D eigenvalue weighted by atomic mass is 10.1. The van der Waals surface area contributed by atoms with Gasteiger partial charge in [-0.2, -0.15) is 5.10 Å². The maximum absolute atomic E-state index is 12.8. The third kappa shape index (κ3) is 6.82. The van der Waals surface area contributed by atoms with E-state index in [1.807, 2.05) is 31.2 Å². The van der Waals surface area contributed by atoms with Gasteiger partial charge in [0.15, 0.2) is 5.82 Å². The van der Waals surface area contributed by atoms with Gasteiger partial charge in [-0.1, -0.05) is 31.2 Å². The van der Waals surface area contributed by atoms with Gasteiger partial charge < -0.3 is 4.74 Å². The zero-order valence-electron chi connectivity index (χ0n) is 15.2. The molecule has 0 atom stereocenters. The van der Waals surface area contributed by atoms with E-state index in [4.69, 9.17) is 4.74 Å². The molecule has 1 N–H and O–H groups in total. The molecule has 1 aromatic heterocycles. The number of nitrogens with zero attached hydrogens (tertiary/aromatic N) is 2. The van der Waals surface area contributed by atoms with Crippen LogP contribution in [-0.2, 0) is 24.3 Å². The lowest BCUT2D eigenvalue weighted by Gasteiger charge is -2.09. The van der Waals surface area contributed by atoms with Crippen LogP contribution in [0.4, 0.5) is 19.4 Å². The number of unbranched alkanes of at least 4 members (excludes halogenated alkanes) is 1. The van der Waals surface area contributed by atoms with Gasteiger partial charge in [0.25, 0.3) is 0 Å². The number of aromatic nitrogens is 2. The standard InChI is InChI=1S/C19H25F2N3O2/c1-3-15-8-4-5-9-16(15)14-26-18(25)22-17-10-13-24(23-17)12-7-6-11-19(2,20)21/h4-5,8-10,13H,3,6-7,11-12,14H2,1-2H3,(H,22,23,25). The quantitative estimate of drug-likeness (QED) is 0.635. The molecule has 1 heterocycles. The van der Waals surface area contributed by atoms with E-state index in [0.29, 0.717) is 25.2 Å². The fourth-order valence-electron chi connectivity index (χ4n) is 2.59. The Labute approximate surface area is 152 Å². The van der Waals surface area contributed by atoms with Crippen molar-refractivity contribution in [2.45, 2.75) is 58.6 Å². The molecule has 2 aromatic rings. The fraction of sp³-hybridized carbons (Fsp3) is 0.474. The fourth-order valence-corrected chi connectivity index (χ4v) is 2.59. The molecule has 0 radical (unpaired) electrons. The maximum atomic E-state index is 12.8. The zero-order valence-corrected chi connectivity index (χ0v) is 15.2. The first-order chi connectivity index (χ1) is 12.4. The van der Waals surface area contributed by atoms with Gasteiger partial charge in [0, 0.05) is 25.2 Å². The number of amides is 1. The van der Waals surface area contributed by atoms with E-state index >= 15 is 0 Å². The number of carbonyl (C=O) groups excluding carboxylic acids is 1. The molecule has 0 spiro atoms. The summed E-state index contributed by atoms with van der Waals surface area (Å²) in [5.74, 6) is -2.25. The second-order valence-corrected chi connectivity index (χ2v) is 6.31. The number of hydrogen-bond donors (Lipinski definition) is 1. The molecule has 1 aromatic carbocycles. The highest BCUT2D eigenvalue weighted by atomic mass is 19.3. The first-order valence-electron chi connectivity index (χ1n) is 8.79. The van der Waals surface area contributed by atoms with Gasteiger partial charge in [-0.25, -0.2) is 13.6 Å². The predicted molar refractivity (Wildman–Crippen MR) is 96.3 cm³/mol. The highest BCUT2D eigenvalue weighted by Gasteiger charge is 2.19. The smallest absolute Gasteiger partial charge is 0.413 e. The van der Waals surface area contributed by atoms with E-state index in [-0.39, 0.29) is 13.0 Å². The summed E-state index contributed by atoms with van der Waals surface area (Å²) in [5.41, 5.74) is 2.12. The topological polar surface area (TPSA) is 56.1 Å². The molecule has 0 aliphatic heterocycles. The molecule has 26 heavy (non-hydrogen) atoms. The number of hydrogen-bond acceptors (Lipinski definition) is 3. The molecule has 1 amide bonds. The van der Waals surface area contributed by atoms with Crippen LogP contribution in [0.5, 0.6) is 0 Å². The van der Waals surface area contributed by atoms with E-state index < -0.39 is 12.0 Å². The SMILES string of the molecule is CCc1ccccc1COC(=O)Nc1ccn(CCCCC(C)(F)F)n1. The molecule has 7 heteroatoms. The largest absolute Gasteiger partial charge is 0.444 e. The Hall–Kier alpha value is -2.44. The van der Waals surface area contributed by atoms with Crippen LogP contribution >= 0.6 is 0 Å². The summed E-state index contributed by atoms with van der Waals surface area (Å²) in [6.07, 6.45) is 2.88. The number of carbonyl (C=O) groups is 1. The van der Waals surface area contributed by atoms with E-state index in [2.05, 4.69) is 10.4 Å². The molecular formula is C19H25F2N3O2. The molecule has 2 rings (SSSR count). The van der Waals surface area contributed by atoms with Crippen molar-refractivity contribution >= 4 is 11.9 Å². The Balaban J connectivity index is 1.75. The van der Waals surface area contributed by atoms with Crippen molar-refractivity contribution in [2.75, 3.05) is 5.32 Å². The van der Waals surface area contributed by atoms with Crippen LogP contribution in [0.1, 0.15) is 44.2 Å². The average Bonchev–Trinajstić information content (AvgIpc) is 3.03. The van der Waals surface area contributed by atoms with Crippen molar-refractivity contribution in [3.8, 4) is 0 Å². The van der Waals surface area contributed by atoms with Crippen LogP contribution in [0.2, 0.25) is 0 Å². The molecule has 0 aliphatic rings. The lowest BCUT2D eigenvalue weighted by Crippen LogP contribution is -2.15. The Morgan fingerprint density at radius 2 is 1.96 bits per heavy atom. The third-order valence-corrected chi connectivity index (χ3v) is 3.98. The Bertz CT molecular complexity index is 711. The van der Waals surface area contributed by atoms with Crippen LogP contribution in [0.3, 0.4) is 0 Å². The highest BCUT2D eigenvalue weighted by Crippen LogP contribution is 2.20. The number of rotatable bonds is 9. The van der Waals surface area contributed by atoms with E-state index in [9.17, 15) is 13.6 Å². The first kappa shape index (κ1) is 19.9. The minimum atomic E-state index is -2.63. The molecular weight excluding hydrogens is 340 g/mol. The summed E-state index contributed by atoms with van der Waals surface area (Å²) in [5, 5.41) is 6.76. The van der Waals surface area contributed by atoms with Gasteiger partial charge in [-0.3, -0.25) is 10.00 Å². The summed E-state index contributed by atoms with van der Waals surface area (Å²) >= 11 is 0. The van der Waals surface area contributed by atoms with Crippen molar-refractivity contribution in [1.82, 2.24) is 9.78 Å². The summed E-state index contributed by atoms with van der Waals surface area (Å²) in [6.45, 7) is 3.69. The van der Waals surface area contributed by atoms with Gasteiger partial charge in [0.2, 0.25) is 5.92 Å². The number of ether oxygens (including phenoxy) is 1. The number of alkyl halides is 2. The van der Waals surface area contributed by atoms with E-state index in [1.54, 1.807) is 16.9 Å². The summed E-state index contributed by atoms with van der Waals surface area (Å²) in [4.78, 5) is 11.9. The first-order valence-corrected chi connectivity index (χ1v) is 8.79. The average molecular weight is 365 g/mol. The molecule has 0 fully saturated rings. The van der Waals surface area contributed by atoms with Crippen molar-refractivity contribution in [1.29, 1.82) is 0 Å². The van der Waals surface area contributed by atoms with Gasteiger partial charge in [-0.15, -0.1) is 0 Å². The van der Waals surface area contributed by atoms with Crippen molar-refractivity contribution in [3.63, 3.8) is 0 Å². The molecule has 0 unspecified atom stereocenters. The van der Waals surface area contributed by atoms with Gasteiger partial charge in [0.1, 0.15) is 6.61 Å². The van der Waals surface area contributed by atoms with Crippen LogP contribution in [-0.4, -0.2) is 21.8 Å². The highest BCUT2D eigenvalue weighted by molar-refractivity contribution is 5.83. The number of halogens is 2. The second-order valence-electron chi connectivity index (χ2n) is 6.31. The molecule has 0 bridgehead atoms. The Morgan fingerprint density at radius 1 is 1.23 bits per heavy atom. The van der Waals surface area contributed by atoms with E-state index in [0.717, 1.165) is 24.5 Å². The van der Waals surface area contributed by atoms with Crippen LogP contribution in [0.15, 0.2) is 36.5 Å². The number of aryl methyl sites for hydroxylation is 2. The van der Waals surface area contributed by atoms with Gasteiger partial charge in [-0.05, 0) is 37.3 Å². The van der Waals surface area contributed by atoms with Crippen molar-refractivity contribution in [3.05, 3.63) is 47.7 Å². The van der Waals surface area contributed by atoms with Crippen molar-refractivity contribution < 1.29 is 18.3 Å². The Morgan fingerprint density at radius 3 is 2.65 bits per heavy atom. The summed E-state index contributed by atoms with van der Waals surface area (Å²) in [7, 11) is 0.